The van der Waals surface area contributed by atoms with Crippen LogP contribution >= 0.6 is 0 Å². The van der Waals surface area contributed by atoms with Crippen molar-refractivity contribution in [1.82, 2.24) is 0 Å². The molecule has 0 unspecified atom stereocenters. The lowest BCUT2D eigenvalue weighted by Gasteiger charge is -2.11. The van der Waals surface area contributed by atoms with E-state index in [-0.39, 0.29) is 16.3 Å². The maximum Gasteiger partial charge on any atom is 0.182 e. The van der Waals surface area contributed by atoms with Crippen molar-refractivity contribution < 1.29 is 21.6 Å². The van der Waals surface area contributed by atoms with E-state index in [0.717, 1.165) is 12.3 Å². The molecule has 4 nitrogen and oxygen atoms in total. The van der Waals surface area contributed by atoms with E-state index in [1.165, 1.54) is 18.2 Å². The Kier molecular flexibility index (Phi) is 3.82. The van der Waals surface area contributed by atoms with Gasteiger partial charge in [-0.3, -0.25) is 0 Å². The summed E-state index contributed by atoms with van der Waals surface area (Å²) in [4.78, 5) is -0.0172. The third kappa shape index (κ3) is 3.27. The molecule has 0 aliphatic carbocycles. The van der Waals surface area contributed by atoms with Crippen LogP contribution in [-0.4, -0.2) is 14.7 Å². The molecule has 112 valence electrons. The molecular weight excluding hydrogens is 305 g/mol. The van der Waals surface area contributed by atoms with Crippen LogP contribution in [0.3, 0.4) is 0 Å². The van der Waals surface area contributed by atoms with Crippen LogP contribution in [0.4, 0.5) is 30.2 Å². The zero-order valence-corrected chi connectivity index (χ0v) is 11.6. The van der Waals surface area contributed by atoms with Crippen molar-refractivity contribution in [2.24, 2.45) is 0 Å². The van der Waals surface area contributed by atoms with Crippen molar-refractivity contribution in [3.05, 3.63) is 47.8 Å². The zero-order chi connectivity index (χ0) is 15.8. The second-order valence-electron chi connectivity index (χ2n) is 4.40. The molecule has 2 aromatic carbocycles. The Morgan fingerprint density at radius 2 is 1.71 bits per heavy atom. The predicted molar refractivity (Wildman–Crippen MR) is 73.6 cm³/mol. The lowest BCUT2D eigenvalue weighted by Crippen LogP contribution is -2.03. The molecule has 3 N–H and O–H groups in total. The van der Waals surface area contributed by atoms with Crippen molar-refractivity contribution in [3.8, 4) is 0 Å². The molecule has 0 radical (unpaired) electrons. The molecule has 0 saturated heterocycles. The largest absolute Gasteiger partial charge is 0.397 e. The average molecular weight is 316 g/mol. The molecule has 0 amide bonds. The number of nitrogen functional groups attached to an aromatic ring is 1. The van der Waals surface area contributed by atoms with Crippen LogP contribution in [0.25, 0.3) is 0 Å². The molecule has 0 aliphatic rings. The summed E-state index contributed by atoms with van der Waals surface area (Å²) in [6, 6.07) is 4.89. The highest BCUT2D eigenvalue weighted by Gasteiger charge is 2.14. The van der Waals surface area contributed by atoms with Gasteiger partial charge in [0.2, 0.25) is 0 Å². The molecule has 0 aliphatic heterocycles. The van der Waals surface area contributed by atoms with Gasteiger partial charge in [0.05, 0.1) is 22.0 Å². The Bertz CT molecular complexity index is 807. The highest BCUT2D eigenvalue weighted by molar-refractivity contribution is 7.90. The molecule has 21 heavy (non-hydrogen) atoms. The van der Waals surface area contributed by atoms with Crippen LogP contribution in [0.1, 0.15) is 0 Å². The van der Waals surface area contributed by atoms with E-state index in [1.807, 2.05) is 0 Å². The topological polar surface area (TPSA) is 72.2 Å². The van der Waals surface area contributed by atoms with Crippen LogP contribution < -0.4 is 11.1 Å². The number of hydrogen-bond donors (Lipinski definition) is 2. The number of rotatable bonds is 3. The Morgan fingerprint density at radius 1 is 1.05 bits per heavy atom. The van der Waals surface area contributed by atoms with Crippen LogP contribution in [0.5, 0.6) is 0 Å². The number of nitrogens with one attached hydrogen (secondary N) is 1. The Hall–Kier alpha value is -2.22. The van der Waals surface area contributed by atoms with Crippen LogP contribution in [0.15, 0.2) is 35.2 Å². The molecule has 0 fully saturated rings. The molecule has 0 heterocycles. The number of sulfone groups is 1. The van der Waals surface area contributed by atoms with Crippen LogP contribution in [-0.2, 0) is 9.84 Å². The van der Waals surface area contributed by atoms with Gasteiger partial charge in [-0.15, -0.1) is 0 Å². The smallest absolute Gasteiger partial charge is 0.182 e. The van der Waals surface area contributed by atoms with Gasteiger partial charge < -0.3 is 11.1 Å². The molecule has 0 atom stereocenters. The summed E-state index contributed by atoms with van der Waals surface area (Å²) in [7, 11) is -3.44. The minimum Gasteiger partial charge on any atom is -0.397 e. The van der Waals surface area contributed by atoms with E-state index >= 15 is 0 Å². The van der Waals surface area contributed by atoms with E-state index in [2.05, 4.69) is 5.32 Å². The standard InChI is InChI=1S/C13H11F3N2O2S/c1-21(19,20)8-2-3-11(10(17)6-8)18-12-5-7(14)4-9(15)13(12)16/h2-6,18H,17H2,1H3. The molecule has 0 bridgehead atoms. The van der Waals surface area contributed by atoms with Gasteiger partial charge in [0.25, 0.3) is 0 Å². The number of nitrogens with two attached hydrogens (primary N) is 1. The summed E-state index contributed by atoms with van der Waals surface area (Å²) < 4.78 is 62.4. The lowest BCUT2D eigenvalue weighted by atomic mass is 10.2. The predicted octanol–water partition coefficient (Wildman–Crippen LogP) is 2.83. The first-order valence-electron chi connectivity index (χ1n) is 5.69. The van der Waals surface area contributed by atoms with Crippen LogP contribution in [0.2, 0.25) is 0 Å². The molecular formula is C13H11F3N2O2S. The maximum absolute atomic E-state index is 13.5. The maximum atomic E-state index is 13.5. The van der Waals surface area contributed by atoms with Gasteiger partial charge in [0.1, 0.15) is 5.82 Å². The third-order valence-electron chi connectivity index (χ3n) is 2.71. The monoisotopic (exact) mass is 316 g/mol. The Balaban J connectivity index is 2.42. The average Bonchev–Trinajstić information content (AvgIpc) is 2.36. The first-order chi connectivity index (χ1) is 9.68. The van der Waals surface area contributed by atoms with E-state index in [4.69, 9.17) is 5.73 Å². The van der Waals surface area contributed by atoms with Gasteiger partial charge in [-0.1, -0.05) is 0 Å². The van der Waals surface area contributed by atoms with Gasteiger partial charge in [-0.05, 0) is 18.2 Å². The molecule has 0 aromatic heterocycles. The van der Waals surface area contributed by atoms with Gasteiger partial charge in [-0.2, -0.15) is 0 Å². The fraction of sp³-hybridized carbons (Fsp3) is 0.0769. The van der Waals surface area contributed by atoms with E-state index < -0.39 is 33.0 Å². The Morgan fingerprint density at radius 3 is 2.29 bits per heavy atom. The first kappa shape index (κ1) is 15.2. The van der Waals surface area contributed by atoms with Crippen LogP contribution in [0, 0.1) is 17.5 Å². The normalized spacial score (nSPS) is 11.4. The summed E-state index contributed by atoms with van der Waals surface area (Å²) in [5, 5.41) is 2.43. The van der Waals surface area contributed by atoms with Crippen molar-refractivity contribution in [2.45, 2.75) is 4.90 Å². The molecule has 0 saturated carbocycles. The van der Waals surface area contributed by atoms with Gasteiger partial charge in [0.15, 0.2) is 21.5 Å². The Labute approximate surface area is 119 Å². The minimum atomic E-state index is -3.44. The number of anilines is 3. The summed E-state index contributed by atoms with van der Waals surface area (Å²) in [6.45, 7) is 0. The SMILES string of the molecule is CS(=O)(=O)c1ccc(Nc2cc(F)cc(F)c2F)c(N)c1. The quantitative estimate of drug-likeness (QED) is 0.675. The molecule has 0 spiro atoms. The fourth-order valence-corrected chi connectivity index (χ4v) is 2.33. The second kappa shape index (κ2) is 5.28. The fourth-order valence-electron chi connectivity index (χ4n) is 1.68. The number of benzene rings is 2. The molecule has 2 aromatic rings. The summed E-state index contributed by atoms with van der Waals surface area (Å²) in [5.41, 5.74) is 5.35. The van der Waals surface area contributed by atoms with Gasteiger partial charge in [0, 0.05) is 18.4 Å². The second-order valence-corrected chi connectivity index (χ2v) is 6.41. The van der Waals surface area contributed by atoms with Crippen molar-refractivity contribution in [1.29, 1.82) is 0 Å². The van der Waals surface area contributed by atoms with E-state index in [0.29, 0.717) is 6.07 Å². The summed E-state index contributed by atoms with van der Waals surface area (Å²) in [6.07, 6.45) is 1.01. The van der Waals surface area contributed by atoms with E-state index in [1.54, 1.807) is 0 Å². The van der Waals surface area contributed by atoms with Crippen molar-refractivity contribution >= 4 is 26.9 Å². The van der Waals surface area contributed by atoms with Gasteiger partial charge >= 0.3 is 0 Å². The van der Waals surface area contributed by atoms with Crippen molar-refractivity contribution in [3.63, 3.8) is 0 Å². The first-order valence-corrected chi connectivity index (χ1v) is 7.59. The number of halogens is 3. The molecule has 8 heteroatoms. The summed E-state index contributed by atoms with van der Waals surface area (Å²) >= 11 is 0. The van der Waals surface area contributed by atoms with Gasteiger partial charge in [-0.25, -0.2) is 21.6 Å². The third-order valence-corrected chi connectivity index (χ3v) is 3.82. The minimum absolute atomic E-state index is 0.00185. The van der Waals surface area contributed by atoms with Crippen molar-refractivity contribution in [2.75, 3.05) is 17.3 Å². The number of hydrogen-bond acceptors (Lipinski definition) is 4. The highest BCUT2D eigenvalue weighted by atomic mass is 32.2. The lowest BCUT2D eigenvalue weighted by molar-refractivity contribution is 0.498. The highest BCUT2D eigenvalue weighted by Crippen LogP contribution is 2.28. The summed E-state index contributed by atoms with van der Waals surface area (Å²) in [5.74, 6) is -3.56. The zero-order valence-electron chi connectivity index (χ0n) is 10.8. The molecule has 2 rings (SSSR count). The van der Waals surface area contributed by atoms with E-state index in [9.17, 15) is 21.6 Å².